The molecule has 0 radical (unpaired) electrons. The molecule has 1 N–H and O–H groups in total. The van der Waals surface area contributed by atoms with Gasteiger partial charge in [0.1, 0.15) is 0 Å². The first-order chi connectivity index (χ1) is 13.2. The third-order valence-corrected chi connectivity index (χ3v) is 5.06. The fourth-order valence-electron chi connectivity index (χ4n) is 2.91. The van der Waals surface area contributed by atoms with Gasteiger partial charge in [-0.25, -0.2) is 0 Å². The molecule has 0 saturated heterocycles. The molecule has 7 heteroatoms. The summed E-state index contributed by atoms with van der Waals surface area (Å²) in [5, 5.41) is 18.0. The molecular formula is C20H17N5OS. The number of nitrogens with zero attached hydrogens (tertiary/aromatic N) is 4. The average molecular weight is 375 g/mol. The van der Waals surface area contributed by atoms with Crippen LogP contribution in [0.3, 0.4) is 0 Å². The zero-order chi connectivity index (χ0) is 18.6. The molecule has 0 spiro atoms. The lowest BCUT2D eigenvalue weighted by Gasteiger charge is -2.08. The van der Waals surface area contributed by atoms with Gasteiger partial charge in [0.05, 0.1) is 5.69 Å². The summed E-state index contributed by atoms with van der Waals surface area (Å²) in [7, 11) is 0. The van der Waals surface area contributed by atoms with E-state index in [1.807, 2.05) is 36.4 Å². The van der Waals surface area contributed by atoms with E-state index in [1.165, 1.54) is 23.3 Å². The lowest BCUT2D eigenvalue weighted by molar-refractivity contribution is -0.114. The van der Waals surface area contributed by atoms with E-state index in [2.05, 4.69) is 51.2 Å². The van der Waals surface area contributed by atoms with Gasteiger partial charge in [-0.2, -0.15) is 4.68 Å². The van der Waals surface area contributed by atoms with Crippen molar-refractivity contribution in [1.82, 2.24) is 20.2 Å². The number of carbonyl (C=O) groups excluding carboxylic acids is 1. The van der Waals surface area contributed by atoms with Gasteiger partial charge in [-0.15, -0.1) is 5.10 Å². The lowest BCUT2D eigenvalue weighted by atomic mass is 10.1. The molecule has 0 aliphatic heterocycles. The van der Waals surface area contributed by atoms with Gasteiger partial charge < -0.3 is 5.32 Å². The van der Waals surface area contributed by atoms with Crippen LogP contribution < -0.4 is 5.32 Å². The highest BCUT2D eigenvalue weighted by atomic mass is 32.2. The van der Waals surface area contributed by atoms with Gasteiger partial charge in [0.25, 0.3) is 0 Å². The Balaban J connectivity index is 1.58. The minimum Gasteiger partial charge on any atom is -0.326 e. The number of benzene rings is 3. The van der Waals surface area contributed by atoms with Crippen LogP contribution in [-0.4, -0.2) is 26.1 Å². The summed E-state index contributed by atoms with van der Waals surface area (Å²) in [6.45, 7) is 1.48. The second-order valence-electron chi connectivity index (χ2n) is 6.03. The number of hydrogen-bond acceptors (Lipinski definition) is 5. The Morgan fingerprint density at radius 2 is 1.89 bits per heavy atom. The molecule has 3 aromatic carbocycles. The van der Waals surface area contributed by atoms with Crippen LogP contribution in [0.15, 0.2) is 71.9 Å². The van der Waals surface area contributed by atoms with Crippen LogP contribution in [-0.2, 0) is 10.5 Å². The lowest BCUT2D eigenvalue weighted by Crippen LogP contribution is -2.07. The normalized spacial score (nSPS) is 10.9. The van der Waals surface area contributed by atoms with E-state index >= 15 is 0 Å². The molecule has 4 rings (SSSR count). The maximum absolute atomic E-state index is 11.3. The molecule has 27 heavy (non-hydrogen) atoms. The van der Waals surface area contributed by atoms with Crippen molar-refractivity contribution in [3.05, 3.63) is 72.3 Å². The van der Waals surface area contributed by atoms with E-state index in [-0.39, 0.29) is 5.91 Å². The van der Waals surface area contributed by atoms with E-state index in [0.717, 1.165) is 11.4 Å². The Kier molecular flexibility index (Phi) is 4.84. The Morgan fingerprint density at radius 1 is 1.07 bits per heavy atom. The highest BCUT2D eigenvalue weighted by Gasteiger charge is 2.11. The molecule has 1 heterocycles. The monoisotopic (exact) mass is 375 g/mol. The summed E-state index contributed by atoms with van der Waals surface area (Å²) < 4.78 is 1.68. The van der Waals surface area contributed by atoms with Crippen LogP contribution in [0.1, 0.15) is 12.5 Å². The van der Waals surface area contributed by atoms with Gasteiger partial charge in [0, 0.05) is 18.4 Å². The first-order valence-corrected chi connectivity index (χ1v) is 9.45. The number of carbonyl (C=O) groups is 1. The molecule has 0 unspecified atom stereocenters. The standard InChI is InChI=1S/C20H17N5OS/c1-14(26)21-17-9-5-10-18(12-17)25-20(22-23-24-25)27-13-16-8-4-7-15-6-2-3-11-19(15)16/h2-12H,13H2,1H3,(H,21,26). The Morgan fingerprint density at radius 3 is 2.78 bits per heavy atom. The summed E-state index contributed by atoms with van der Waals surface area (Å²) in [6.07, 6.45) is 0. The van der Waals surface area contributed by atoms with Gasteiger partial charge in [-0.3, -0.25) is 4.79 Å². The number of tetrazole rings is 1. The Bertz CT molecular complexity index is 1100. The molecule has 6 nitrogen and oxygen atoms in total. The van der Waals surface area contributed by atoms with Crippen LogP contribution in [0.4, 0.5) is 5.69 Å². The maximum Gasteiger partial charge on any atom is 0.221 e. The number of rotatable bonds is 5. The van der Waals surface area contributed by atoms with Gasteiger partial charge in [0.2, 0.25) is 11.1 Å². The predicted molar refractivity (Wildman–Crippen MR) is 107 cm³/mol. The van der Waals surface area contributed by atoms with Crippen molar-refractivity contribution in [1.29, 1.82) is 0 Å². The topological polar surface area (TPSA) is 72.7 Å². The summed E-state index contributed by atoms with van der Waals surface area (Å²) in [6, 6.07) is 22.1. The number of hydrogen-bond donors (Lipinski definition) is 1. The Labute approximate surface area is 160 Å². The third kappa shape index (κ3) is 3.83. The molecular weight excluding hydrogens is 358 g/mol. The predicted octanol–water partition coefficient (Wildman–Crippen LogP) is 4.07. The number of amides is 1. The van der Waals surface area contributed by atoms with E-state index in [9.17, 15) is 4.79 Å². The molecule has 1 aromatic heterocycles. The molecule has 0 aliphatic rings. The molecule has 0 saturated carbocycles. The zero-order valence-electron chi connectivity index (χ0n) is 14.7. The van der Waals surface area contributed by atoms with Crippen molar-refractivity contribution in [3.8, 4) is 5.69 Å². The SMILES string of the molecule is CC(=O)Nc1cccc(-n2nnnc2SCc2cccc3ccccc23)c1. The first-order valence-electron chi connectivity index (χ1n) is 8.46. The molecule has 0 fully saturated rings. The minimum atomic E-state index is -0.116. The van der Waals surface area contributed by atoms with Gasteiger partial charge in [-0.05, 0) is 45.0 Å². The average Bonchev–Trinajstić information content (AvgIpc) is 3.14. The fraction of sp³-hybridized carbons (Fsp3) is 0.100. The quantitative estimate of drug-likeness (QED) is 0.533. The highest BCUT2D eigenvalue weighted by Crippen LogP contribution is 2.27. The fourth-order valence-corrected chi connectivity index (χ4v) is 3.81. The van der Waals surface area contributed by atoms with Gasteiger partial charge in [0.15, 0.2) is 0 Å². The number of thioether (sulfide) groups is 1. The van der Waals surface area contributed by atoms with Crippen molar-refractivity contribution in [3.63, 3.8) is 0 Å². The number of nitrogens with one attached hydrogen (secondary N) is 1. The second kappa shape index (κ2) is 7.59. The number of aromatic nitrogens is 4. The van der Waals surface area contributed by atoms with E-state index < -0.39 is 0 Å². The largest absolute Gasteiger partial charge is 0.326 e. The van der Waals surface area contributed by atoms with Crippen LogP contribution in [0.2, 0.25) is 0 Å². The molecule has 0 atom stereocenters. The number of anilines is 1. The second-order valence-corrected chi connectivity index (χ2v) is 6.97. The summed E-state index contributed by atoms with van der Waals surface area (Å²) in [5.74, 6) is 0.641. The van der Waals surface area contributed by atoms with E-state index in [0.29, 0.717) is 10.8 Å². The van der Waals surface area contributed by atoms with Crippen molar-refractivity contribution in [2.45, 2.75) is 17.8 Å². The van der Waals surface area contributed by atoms with Crippen molar-refractivity contribution in [2.24, 2.45) is 0 Å². The Hall–Kier alpha value is -3.19. The van der Waals surface area contributed by atoms with Crippen LogP contribution in [0, 0.1) is 0 Å². The highest BCUT2D eigenvalue weighted by molar-refractivity contribution is 7.98. The minimum absolute atomic E-state index is 0.116. The van der Waals surface area contributed by atoms with Crippen molar-refractivity contribution in [2.75, 3.05) is 5.32 Å². The molecule has 1 amide bonds. The van der Waals surface area contributed by atoms with E-state index in [4.69, 9.17) is 0 Å². The summed E-state index contributed by atoms with van der Waals surface area (Å²) in [5.41, 5.74) is 2.74. The molecule has 0 bridgehead atoms. The maximum atomic E-state index is 11.3. The zero-order valence-corrected chi connectivity index (χ0v) is 15.5. The van der Waals surface area contributed by atoms with Gasteiger partial charge >= 0.3 is 0 Å². The van der Waals surface area contributed by atoms with Crippen molar-refractivity contribution >= 4 is 34.1 Å². The van der Waals surface area contributed by atoms with Crippen LogP contribution in [0.5, 0.6) is 0 Å². The van der Waals surface area contributed by atoms with Crippen LogP contribution in [0.25, 0.3) is 16.5 Å². The van der Waals surface area contributed by atoms with Crippen molar-refractivity contribution < 1.29 is 4.79 Å². The summed E-state index contributed by atoms with van der Waals surface area (Å²) >= 11 is 1.58. The molecule has 4 aromatic rings. The molecule has 0 aliphatic carbocycles. The number of fused-ring (bicyclic) bond motifs is 1. The molecule has 134 valence electrons. The summed E-state index contributed by atoms with van der Waals surface area (Å²) in [4.78, 5) is 11.3. The van der Waals surface area contributed by atoms with Gasteiger partial charge in [-0.1, -0.05) is 60.3 Å². The van der Waals surface area contributed by atoms with Crippen LogP contribution >= 0.6 is 11.8 Å². The first kappa shape index (κ1) is 17.2. The third-order valence-electron chi connectivity index (χ3n) is 4.09. The van der Waals surface area contributed by atoms with E-state index in [1.54, 1.807) is 16.4 Å². The smallest absolute Gasteiger partial charge is 0.221 e.